The number of aromatic nitrogens is 3. The molecule has 0 aromatic carbocycles. The maximum absolute atomic E-state index is 9.58. The normalized spacial score (nSPS) is 21.3. The lowest BCUT2D eigenvalue weighted by Gasteiger charge is -2.23. The molecule has 1 aliphatic heterocycles. The Labute approximate surface area is 204 Å². The lowest BCUT2D eigenvalue weighted by Crippen LogP contribution is -2.24. The SMILES string of the molecule is Cc1cc2cc(-c3c(Cl)nc(NCC4CCOCC4)nc3N[C@H]3CCC(CO)C3)oc2c(C)n1. The first kappa shape index (κ1) is 23.3. The molecule has 3 aromatic heterocycles. The molecule has 2 fully saturated rings. The van der Waals surface area contributed by atoms with Gasteiger partial charge in [0.15, 0.2) is 5.58 Å². The molecule has 0 bridgehead atoms. The number of pyridine rings is 1. The molecular weight excluding hydrogens is 454 g/mol. The van der Waals surface area contributed by atoms with Gasteiger partial charge in [0.1, 0.15) is 16.7 Å². The van der Waals surface area contributed by atoms with Gasteiger partial charge in [-0.1, -0.05) is 11.6 Å². The van der Waals surface area contributed by atoms with Crippen LogP contribution < -0.4 is 10.6 Å². The Bertz CT molecular complexity index is 1160. The Morgan fingerprint density at radius 1 is 1.06 bits per heavy atom. The van der Waals surface area contributed by atoms with Crippen molar-refractivity contribution in [2.45, 2.75) is 52.0 Å². The summed E-state index contributed by atoms with van der Waals surface area (Å²) in [5.74, 6) is 2.61. The van der Waals surface area contributed by atoms with Gasteiger partial charge in [-0.3, -0.25) is 4.98 Å². The largest absolute Gasteiger partial charge is 0.454 e. The highest BCUT2D eigenvalue weighted by molar-refractivity contribution is 6.32. The molecule has 2 atom stereocenters. The van der Waals surface area contributed by atoms with E-state index in [2.05, 4.69) is 20.6 Å². The molecule has 3 N–H and O–H groups in total. The maximum Gasteiger partial charge on any atom is 0.226 e. The third-order valence-corrected chi connectivity index (χ3v) is 7.21. The van der Waals surface area contributed by atoms with Crippen molar-refractivity contribution in [1.29, 1.82) is 0 Å². The van der Waals surface area contributed by atoms with Gasteiger partial charge in [-0.2, -0.15) is 4.98 Å². The summed E-state index contributed by atoms with van der Waals surface area (Å²) in [6.07, 6.45) is 4.91. The van der Waals surface area contributed by atoms with Gasteiger partial charge in [0.2, 0.25) is 5.95 Å². The highest BCUT2D eigenvalue weighted by atomic mass is 35.5. The van der Waals surface area contributed by atoms with E-state index in [1.54, 1.807) is 0 Å². The Balaban J connectivity index is 1.48. The highest BCUT2D eigenvalue weighted by Crippen LogP contribution is 2.39. The fraction of sp³-hybridized carbons (Fsp3) is 0.560. The van der Waals surface area contributed by atoms with Crippen molar-refractivity contribution in [2.24, 2.45) is 11.8 Å². The minimum absolute atomic E-state index is 0.209. The highest BCUT2D eigenvalue weighted by Gasteiger charge is 2.27. The van der Waals surface area contributed by atoms with Gasteiger partial charge in [0.05, 0.1) is 11.3 Å². The molecule has 0 radical (unpaired) electrons. The van der Waals surface area contributed by atoms with Gasteiger partial charge in [0.25, 0.3) is 0 Å². The fourth-order valence-electron chi connectivity index (χ4n) is 5.08. The van der Waals surface area contributed by atoms with Crippen LogP contribution in [-0.2, 0) is 4.74 Å². The van der Waals surface area contributed by atoms with Crippen molar-refractivity contribution in [1.82, 2.24) is 15.0 Å². The zero-order chi connectivity index (χ0) is 23.7. The van der Waals surface area contributed by atoms with Crippen LogP contribution in [0.25, 0.3) is 22.3 Å². The summed E-state index contributed by atoms with van der Waals surface area (Å²) in [7, 11) is 0. The molecule has 1 saturated carbocycles. The molecular formula is C25H32ClN5O3. The van der Waals surface area contributed by atoms with E-state index in [1.165, 1.54) is 0 Å². The monoisotopic (exact) mass is 485 g/mol. The van der Waals surface area contributed by atoms with Crippen molar-refractivity contribution < 1.29 is 14.3 Å². The van der Waals surface area contributed by atoms with Crippen LogP contribution in [0.5, 0.6) is 0 Å². The standard InChI is InChI=1S/C25H32ClN5O3/c1-14-9-18-11-20(34-22(18)15(2)28-14)21-23(26)30-25(27-12-16-5-7-33-8-6-16)31-24(21)29-19-4-3-17(10-19)13-32/h9,11,16-17,19,32H,3-8,10,12-13H2,1-2H3,(H2,27,29,30,31)/t17?,19-/m0/s1. The smallest absolute Gasteiger partial charge is 0.226 e. The van der Waals surface area contributed by atoms with Crippen LogP contribution in [-0.4, -0.2) is 52.5 Å². The fourth-order valence-corrected chi connectivity index (χ4v) is 5.34. The van der Waals surface area contributed by atoms with Crippen LogP contribution >= 0.6 is 11.6 Å². The molecule has 9 heteroatoms. The van der Waals surface area contributed by atoms with Crippen molar-refractivity contribution in [3.8, 4) is 11.3 Å². The van der Waals surface area contributed by atoms with E-state index >= 15 is 0 Å². The predicted molar refractivity (Wildman–Crippen MR) is 133 cm³/mol. The summed E-state index contributed by atoms with van der Waals surface area (Å²) in [6, 6.07) is 4.19. The number of fused-ring (bicyclic) bond motifs is 1. The van der Waals surface area contributed by atoms with Crippen molar-refractivity contribution in [3.63, 3.8) is 0 Å². The molecule has 2 aliphatic rings. The second-order valence-electron chi connectivity index (χ2n) is 9.58. The van der Waals surface area contributed by atoms with Gasteiger partial charge >= 0.3 is 0 Å². The summed E-state index contributed by atoms with van der Waals surface area (Å²) < 4.78 is 11.7. The van der Waals surface area contributed by atoms with E-state index in [9.17, 15) is 5.11 Å². The Hall–Kier alpha value is -2.42. The number of rotatable bonds is 7. The predicted octanol–water partition coefficient (Wildman–Crippen LogP) is 4.97. The van der Waals surface area contributed by atoms with Crippen LogP contribution in [0, 0.1) is 25.7 Å². The molecule has 34 heavy (non-hydrogen) atoms. The maximum atomic E-state index is 9.58. The Kier molecular flexibility index (Phi) is 6.90. The van der Waals surface area contributed by atoms with Crippen LogP contribution in [0.4, 0.5) is 11.8 Å². The zero-order valence-corrected chi connectivity index (χ0v) is 20.5. The zero-order valence-electron chi connectivity index (χ0n) is 19.7. The molecule has 5 rings (SSSR count). The number of hydrogen-bond donors (Lipinski definition) is 3. The van der Waals surface area contributed by atoms with E-state index in [4.69, 9.17) is 25.7 Å². The summed E-state index contributed by atoms with van der Waals surface area (Å²) >= 11 is 6.76. The first-order chi connectivity index (χ1) is 16.5. The number of ether oxygens (including phenoxy) is 1. The van der Waals surface area contributed by atoms with Crippen LogP contribution in [0.1, 0.15) is 43.5 Å². The molecule has 0 amide bonds. The van der Waals surface area contributed by atoms with Crippen molar-refractivity contribution in [3.05, 3.63) is 28.7 Å². The third-order valence-electron chi connectivity index (χ3n) is 6.94. The molecule has 8 nitrogen and oxygen atoms in total. The van der Waals surface area contributed by atoms with E-state index < -0.39 is 0 Å². The number of hydrogen-bond acceptors (Lipinski definition) is 8. The van der Waals surface area contributed by atoms with Crippen LogP contribution in [0.3, 0.4) is 0 Å². The van der Waals surface area contributed by atoms with Gasteiger partial charge in [0, 0.05) is 43.5 Å². The molecule has 1 saturated heterocycles. The van der Waals surface area contributed by atoms with Crippen LogP contribution in [0.15, 0.2) is 16.5 Å². The lowest BCUT2D eigenvalue weighted by molar-refractivity contribution is 0.0699. The number of nitrogens with zero attached hydrogens (tertiary/aromatic N) is 3. The summed E-state index contributed by atoms with van der Waals surface area (Å²) in [4.78, 5) is 13.9. The van der Waals surface area contributed by atoms with E-state index in [0.29, 0.717) is 40.1 Å². The molecule has 4 heterocycles. The van der Waals surface area contributed by atoms with Gasteiger partial charge in [-0.05, 0) is 69.9 Å². The quantitative estimate of drug-likeness (QED) is 0.403. The Morgan fingerprint density at radius 3 is 2.65 bits per heavy atom. The average molecular weight is 486 g/mol. The topological polar surface area (TPSA) is 105 Å². The van der Waals surface area contributed by atoms with Crippen LogP contribution in [0.2, 0.25) is 5.15 Å². The first-order valence-electron chi connectivity index (χ1n) is 12.1. The summed E-state index contributed by atoms with van der Waals surface area (Å²) in [5.41, 5.74) is 3.17. The number of aliphatic hydroxyl groups is 1. The molecule has 1 aliphatic carbocycles. The minimum atomic E-state index is 0.209. The number of aryl methyl sites for hydroxylation is 2. The molecule has 182 valence electrons. The van der Waals surface area contributed by atoms with E-state index in [0.717, 1.165) is 74.2 Å². The van der Waals surface area contributed by atoms with Gasteiger partial charge in [-0.25, -0.2) is 4.98 Å². The number of nitrogens with one attached hydrogen (secondary N) is 2. The van der Waals surface area contributed by atoms with Gasteiger partial charge < -0.3 is 24.9 Å². The van der Waals surface area contributed by atoms with E-state index in [1.807, 2.05) is 26.0 Å². The molecule has 0 spiro atoms. The Morgan fingerprint density at radius 2 is 1.88 bits per heavy atom. The lowest BCUT2D eigenvalue weighted by atomic mass is 10.0. The number of furan rings is 1. The van der Waals surface area contributed by atoms with E-state index in [-0.39, 0.29) is 12.6 Å². The average Bonchev–Trinajstić information content (AvgIpc) is 3.45. The second-order valence-corrected chi connectivity index (χ2v) is 9.94. The number of aliphatic hydroxyl groups excluding tert-OH is 1. The third kappa shape index (κ3) is 4.99. The number of anilines is 2. The second kappa shape index (κ2) is 10.1. The molecule has 3 aromatic rings. The van der Waals surface area contributed by atoms with Gasteiger partial charge in [-0.15, -0.1) is 0 Å². The van der Waals surface area contributed by atoms with Crippen molar-refractivity contribution >= 4 is 34.3 Å². The number of halogens is 1. The van der Waals surface area contributed by atoms with Crippen molar-refractivity contribution in [2.75, 3.05) is 37.0 Å². The minimum Gasteiger partial charge on any atom is -0.454 e. The first-order valence-corrected chi connectivity index (χ1v) is 12.5. The summed E-state index contributed by atoms with van der Waals surface area (Å²) in [5, 5.41) is 17.9. The summed E-state index contributed by atoms with van der Waals surface area (Å²) in [6.45, 7) is 6.50. The molecule has 1 unspecified atom stereocenters.